The van der Waals surface area contributed by atoms with Gasteiger partial charge in [0.05, 0.1) is 0 Å². The molecule has 34 heavy (non-hydrogen) atoms. The van der Waals surface area contributed by atoms with Gasteiger partial charge in [0.15, 0.2) is 17.5 Å². The number of nitrogens with two attached hydrogens (primary N) is 2. The van der Waals surface area contributed by atoms with Crippen molar-refractivity contribution in [2.24, 2.45) is 10.9 Å². The van der Waals surface area contributed by atoms with Gasteiger partial charge < -0.3 is 26.4 Å². The van der Waals surface area contributed by atoms with E-state index >= 15 is 0 Å². The van der Waals surface area contributed by atoms with Crippen LogP contribution in [-0.2, 0) is 36.1 Å². The zero-order valence-corrected chi connectivity index (χ0v) is 23.2. The van der Waals surface area contributed by atoms with E-state index in [0.29, 0.717) is 0 Å². The molecule has 3 rings (SSSR count). The largest absolute Gasteiger partial charge is 0.447 e. The molecule has 0 unspecified atom stereocenters. The third-order valence-electron chi connectivity index (χ3n) is 3.82. The van der Waals surface area contributed by atoms with Gasteiger partial charge >= 0.3 is 16.4 Å². The molecule has 2 atom stereocenters. The average molecular weight is 536 g/mol. The van der Waals surface area contributed by atoms with Crippen molar-refractivity contribution in [1.82, 2.24) is 35.2 Å². The molecule has 7 N–H and O–H groups in total. The summed E-state index contributed by atoms with van der Waals surface area (Å²) in [5, 5.41) is 20.1. The van der Waals surface area contributed by atoms with Crippen molar-refractivity contribution < 1.29 is 36.9 Å². The van der Waals surface area contributed by atoms with E-state index in [0.717, 1.165) is 11.3 Å². The predicted octanol–water partition coefficient (Wildman–Crippen LogP) is -4.01. The summed E-state index contributed by atoms with van der Waals surface area (Å²) in [6, 6.07) is -2.97. The van der Waals surface area contributed by atoms with Crippen LogP contribution in [0.3, 0.4) is 0 Å². The Labute approximate surface area is 238 Å². The van der Waals surface area contributed by atoms with Gasteiger partial charge in [-0.1, -0.05) is 10.4 Å². The zero-order valence-electron chi connectivity index (χ0n) is 17.6. The molecular formula is C12H14N10Na2O8S2. The fraction of sp³-hybridized carbons (Fsp3) is 0.333. The summed E-state index contributed by atoms with van der Waals surface area (Å²) in [7, 11) is -4.99. The topological polar surface area (TPSA) is 271 Å². The second kappa shape index (κ2) is 12.7. The second-order valence-corrected chi connectivity index (χ2v) is 8.05. The van der Waals surface area contributed by atoms with Crippen molar-refractivity contribution in [1.29, 1.82) is 0 Å². The van der Waals surface area contributed by atoms with Gasteiger partial charge in [-0.05, 0) is 0 Å². The van der Waals surface area contributed by atoms with E-state index in [9.17, 15) is 27.4 Å². The molecule has 22 heteroatoms. The fourth-order valence-electron chi connectivity index (χ4n) is 2.50. The van der Waals surface area contributed by atoms with Crippen molar-refractivity contribution >= 4 is 110 Å². The molecule has 3 amide bonds. The third kappa shape index (κ3) is 7.29. The molecule has 2 aromatic rings. The van der Waals surface area contributed by atoms with Crippen molar-refractivity contribution in [2.75, 3.05) is 12.3 Å². The molecule has 1 aliphatic heterocycles. The van der Waals surface area contributed by atoms with Gasteiger partial charge in [0, 0.05) is 64.5 Å². The summed E-state index contributed by atoms with van der Waals surface area (Å²) >= 11 is 0.988. The summed E-state index contributed by atoms with van der Waals surface area (Å²) in [4.78, 5) is 44.7. The van der Waals surface area contributed by atoms with E-state index in [1.54, 1.807) is 0 Å². The first-order valence-corrected chi connectivity index (χ1v) is 10.5. The van der Waals surface area contributed by atoms with Crippen LogP contribution >= 0.6 is 11.3 Å². The number of aromatic amines is 1. The molecule has 2 aromatic heterocycles. The third-order valence-corrected chi connectivity index (χ3v) is 5.44. The monoisotopic (exact) mass is 536 g/mol. The fourth-order valence-corrected chi connectivity index (χ4v) is 3.91. The van der Waals surface area contributed by atoms with Crippen LogP contribution in [0.15, 0.2) is 10.5 Å². The number of primary amides is 1. The predicted molar refractivity (Wildman–Crippen MR) is 113 cm³/mol. The zero-order chi connectivity index (χ0) is 23.5. The van der Waals surface area contributed by atoms with Crippen LogP contribution < -0.4 is 16.8 Å². The molecule has 18 nitrogen and oxygen atoms in total. The van der Waals surface area contributed by atoms with E-state index in [1.165, 1.54) is 5.38 Å². The molecule has 1 fully saturated rings. The van der Waals surface area contributed by atoms with Crippen molar-refractivity contribution in [3.05, 3.63) is 16.9 Å². The number of nitrogens with one attached hydrogen (secondary N) is 2. The molecule has 3 heterocycles. The maximum atomic E-state index is 12.8. The van der Waals surface area contributed by atoms with Crippen LogP contribution in [0.4, 0.5) is 9.93 Å². The summed E-state index contributed by atoms with van der Waals surface area (Å²) in [6.45, 7) is -1.00. The summed E-state index contributed by atoms with van der Waals surface area (Å²) in [5.74, 6) is -2.09. The molecule has 0 aromatic carbocycles. The molecule has 0 saturated carbocycles. The number of hydrogen-bond donors (Lipinski definition) is 5. The van der Waals surface area contributed by atoms with Crippen molar-refractivity contribution in [3.8, 4) is 0 Å². The minimum atomic E-state index is -4.99. The van der Waals surface area contributed by atoms with E-state index in [1.807, 2.05) is 0 Å². The summed E-state index contributed by atoms with van der Waals surface area (Å²) in [6.07, 6.45) is -1.26. The van der Waals surface area contributed by atoms with Gasteiger partial charge in [-0.2, -0.15) is 13.6 Å². The van der Waals surface area contributed by atoms with Gasteiger partial charge in [0.1, 0.15) is 24.4 Å². The van der Waals surface area contributed by atoms with Crippen LogP contribution in [0.25, 0.3) is 0 Å². The van der Waals surface area contributed by atoms with E-state index in [4.69, 9.17) is 16.3 Å². The van der Waals surface area contributed by atoms with E-state index in [2.05, 4.69) is 40.8 Å². The van der Waals surface area contributed by atoms with Crippen LogP contribution in [0.1, 0.15) is 11.5 Å². The number of aromatic nitrogens is 5. The molecule has 174 valence electrons. The number of nitrogens with zero attached hydrogens (tertiary/aromatic N) is 6. The Morgan fingerprint density at radius 2 is 2.09 bits per heavy atom. The number of H-pyrrole nitrogens is 1. The van der Waals surface area contributed by atoms with E-state index < -0.39 is 52.6 Å². The number of rotatable bonds is 9. The smallest absolute Gasteiger partial charge is 0.404 e. The number of oxime groups is 1. The quantitative estimate of drug-likeness (QED) is 0.0672. The Bertz CT molecular complexity index is 1160. The number of anilines is 1. The normalized spacial score (nSPS) is 17.6. The van der Waals surface area contributed by atoms with Gasteiger partial charge in [0.25, 0.3) is 11.8 Å². The number of nitrogen functional groups attached to an aromatic ring is 1. The molecule has 0 bridgehead atoms. The average Bonchev–Trinajstić information content (AvgIpc) is 3.36. The first-order valence-electron chi connectivity index (χ1n) is 8.25. The molecule has 1 aliphatic rings. The number of tetrazole rings is 1. The maximum Gasteiger partial charge on any atom is 0.404 e. The Morgan fingerprint density at radius 3 is 2.62 bits per heavy atom. The summed E-state index contributed by atoms with van der Waals surface area (Å²) < 4.78 is 36.6. The van der Waals surface area contributed by atoms with E-state index in [-0.39, 0.29) is 86.7 Å². The van der Waals surface area contributed by atoms with Gasteiger partial charge in [-0.25, -0.2) is 14.1 Å². The molecule has 0 spiro atoms. The molecule has 0 aliphatic carbocycles. The van der Waals surface area contributed by atoms with Crippen LogP contribution in [0.2, 0.25) is 0 Å². The molecular weight excluding hydrogens is 522 g/mol. The van der Waals surface area contributed by atoms with Gasteiger partial charge in [-0.3, -0.25) is 14.1 Å². The Balaban J connectivity index is 0.00000289. The maximum absolute atomic E-state index is 12.8. The number of carbonyl (C=O) groups is 3. The number of carbonyl (C=O) groups excluding carboxylic acids is 3. The number of ether oxygens (including phenoxy) is 1. The number of hydrogen-bond acceptors (Lipinski definition) is 14. The van der Waals surface area contributed by atoms with Crippen molar-refractivity contribution in [2.45, 2.75) is 18.7 Å². The first-order chi connectivity index (χ1) is 15.1. The minimum absolute atomic E-state index is 0. The SMILES string of the molecule is NC(=O)OC[C@@H]1[C@H](NC(=O)C(=NOCc2nn[nH]n2)c2csc(N)n2)C(=O)N1S(=O)(=O)O.[Na].[Na]. The number of β-lactam (4-membered cyclic amide) rings is 1. The number of thiazole rings is 1. The van der Waals surface area contributed by atoms with Crippen LogP contribution in [0.5, 0.6) is 0 Å². The molecule has 1 saturated heterocycles. The minimum Gasteiger partial charge on any atom is -0.447 e. The second-order valence-electron chi connectivity index (χ2n) is 5.87. The van der Waals surface area contributed by atoms with Crippen molar-refractivity contribution in [3.63, 3.8) is 0 Å². The summed E-state index contributed by atoms with van der Waals surface area (Å²) in [5.41, 5.74) is 9.98. The Morgan fingerprint density at radius 1 is 1.38 bits per heavy atom. The standard InChI is InChI=1S/C12H14N10O8S2.2Na/c13-11-15-4(3-31-11)7(19-30-2-6-17-20-21-18-6)9(23)16-8-5(1-29-12(14)25)22(10(8)24)32(26,27)28;;/h3,5,8H,1-2H2,(H2,13,15)(H2,14,25)(H,16,23)(H,26,27,28)(H,17,18,20,21);;/t5-,8+;;/m1../s1. The van der Waals surface area contributed by atoms with Gasteiger partial charge in [-0.15, -0.1) is 21.5 Å². The van der Waals surface area contributed by atoms with Crippen LogP contribution in [0, 0.1) is 0 Å². The number of amides is 3. The Kier molecular flexibility index (Phi) is 11.2. The van der Waals surface area contributed by atoms with Gasteiger partial charge in [0.2, 0.25) is 5.82 Å². The molecule has 2 radical (unpaired) electrons. The first kappa shape index (κ1) is 30.1. The van der Waals surface area contributed by atoms with Crippen LogP contribution in [-0.4, -0.2) is 144 Å². The Hall–Kier alpha value is -1.91.